The quantitative estimate of drug-likeness (QED) is 0.754. The van der Waals surface area contributed by atoms with Crippen LogP contribution in [0.15, 0.2) is 30.3 Å². The van der Waals surface area contributed by atoms with E-state index >= 15 is 0 Å². The summed E-state index contributed by atoms with van der Waals surface area (Å²) in [6, 6.07) is 7.04. The molecule has 0 aliphatic heterocycles. The summed E-state index contributed by atoms with van der Waals surface area (Å²) in [7, 11) is 0. The molecule has 100 valence electrons. The number of halogens is 3. The summed E-state index contributed by atoms with van der Waals surface area (Å²) in [6.07, 6.45) is -0.724. The molecule has 2 nitrogen and oxygen atoms in total. The first-order valence-corrected chi connectivity index (χ1v) is 6.96. The number of thiophene rings is 1. The predicted octanol–water partition coefficient (Wildman–Crippen LogP) is 4.84. The summed E-state index contributed by atoms with van der Waals surface area (Å²) >= 11 is 12.8. The Hall–Kier alpha value is -1.10. The Labute approximate surface area is 123 Å². The molecule has 1 atom stereocenters. The molecule has 0 aliphatic rings. The second-order valence-corrected chi connectivity index (χ2v) is 5.93. The van der Waals surface area contributed by atoms with E-state index in [0.29, 0.717) is 9.21 Å². The van der Waals surface area contributed by atoms with Crippen molar-refractivity contribution in [3.63, 3.8) is 0 Å². The molecule has 0 radical (unpaired) electrons. The Morgan fingerprint density at radius 3 is 2.63 bits per heavy atom. The fraction of sp³-hybridized carbons (Fsp3) is 0.154. The van der Waals surface area contributed by atoms with Gasteiger partial charge in [-0.25, -0.2) is 4.39 Å². The number of Topliss-reactive ketones (excluding diaryl/α,β-unsaturated/α-hetero) is 1. The van der Waals surface area contributed by atoms with Crippen molar-refractivity contribution in [3.05, 3.63) is 50.4 Å². The molecule has 1 heterocycles. The molecule has 2 rings (SSSR count). The Kier molecular flexibility index (Phi) is 4.45. The van der Waals surface area contributed by atoms with Crippen LogP contribution in [0, 0.1) is 5.82 Å². The normalized spacial score (nSPS) is 12.2. The van der Waals surface area contributed by atoms with Crippen molar-refractivity contribution >= 4 is 40.3 Å². The van der Waals surface area contributed by atoms with Crippen LogP contribution in [0.4, 0.5) is 4.39 Å². The third-order valence-electron chi connectivity index (χ3n) is 2.38. The van der Waals surface area contributed by atoms with Gasteiger partial charge in [0, 0.05) is 0 Å². The smallest absolute Gasteiger partial charge is 0.212 e. The van der Waals surface area contributed by atoms with E-state index in [1.54, 1.807) is 19.1 Å². The largest absolute Gasteiger partial charge is 0.481 e. The van der Waals surface area contributed by atoms with Crippen molar-refractivity contribution in [1.29, 1.82) is 0 Å². The lowest BCUT2D eigenvalue weighted by atomic mass is 10.2. The molecule has 0 bridgehead atoms. The van der Waals surface area contributed by atoms with Gasteiger partial charge in [-0.3, -0.25) is 4.79 Å². The summed E-state index contributed by atoms with van der Waals surface area (Å²) in [5.41, 5.74) is 0. The zero-order valence-electron chi connectivity index (χ0n) is 9.82. The molecule has 1 aromatic heterocycles. The van der Waals surface area contributed by atoms with Gasteiger partial charge in [-0.15, -0.1) is 11.3 Å². The Bertz CT molecular complexity index is 612. The lowest BCUT2D eigenvalue weighted by molar-refractivity contribution is 0.0822. The minimum atomic E-state index is -0.724. The van der Waals surface area contributed by atoms with Crippen LogP contribution in [0.3, 0.4) is 0 Å². The molecule has 0 spiro atoms. The van der Waals surface area contributed by atoms with Crippen LogP contribution in [-0.4, -0.2) is 11.9 Å². The second kappa shape index (κ2) is 5.90. The molecule has 0 N–H and O–H groups in total. The van der Waals surface area contributed by atoms with E-state index in [1.807, 2.05) is 0 Å². The van der Waals surface area contributed by atoms with Crippen LogP contribution in [0.1, 0.15) is 16.6 Å². The van der Waals surface area contributed by atoms with Gasteiger partial charge in [-0.2, -0.15) is 0 Å². The lowest BCUT2D eigenvalue weighted by Crippen LogP contribution is -2.23. The van der Waals surface area contributed by atoms with E-state index in [4.69, 9.17) is 27.9 Å². The first-order chi connectivity index (χ1) is 8.97. The first-order valence-electron chi connectivity index (χ1n) is 5.38. The number of rotatable bonds is 4. The van der Waals surface area contributed by atoms with Crippen LogP contribution >= 0.6 is 34.5 Å². The van der Waals surface area contributed by atoms with Gasteiger partial charge in [0.05, 0.1) is 14.2 Å². The monoisotopic (exact) mass is 318 g/mol. The van der Waals surface area contributed by atoms with E-state index in [2.05, 4.69) is 0 Å². The number of carbonyl (C=O) groups is 1. The highest BCUT2D eigenvalue weighted by atomic mass is 35.5. The van der Waals surface area contributed by atoms with Crippen molar-refractivity contribution in [2.45, 2.75) is 13.0 Å². The van der Waals surface area contributed by atoms with Crippen LogP contribution < -0.4 is 4.74 Å². The topological polar surface area (TPSA) is 26.3 Å². The fourth-order valence-electron chi connectivity index (χ4n) is 1.46. The highest BCUT2D eigenvalue weighted by Gasteiger charge is 2.19. The van der Waals surface area contributed by atoms with Crippen LogP contribution in [0.2, 0.25) is 9.36 Å². The van der Waals surface area contributed by atoms with Gasteiger partial charge in [-0.1, -0.05) is 23.2 Å². The first kappa shape index (κ1) is 14.3. The number of carbonyl (C=O) groups excluding carboxylic acids is 1. The molecule has 1 unspecified atom stereocenters. The van der Waals surface area contributed by atoms with E-state index in [1.165, 1.54) is 23.5 Å². The maximum atomic E-state index is 12.9. The summed E-state index contributed by atoms with van der Waals surface area (Å²) in [4.78, 5) is 12.6. The molecule has 0 amide bonds. The number of benzene rings is 1. The molecule has 6 heteroatoms. The molecule has 0 saturated heterocycles. The zero-order valence-corrected chi connectivity index (χ0v) is 12.2. The third kappa shape index (κ3) is 3.47. The maximum absolute atomic E-state index is 12.9. The van der Waals surface area contributed by atoms with E-state index in [9.17, 15) is 9.18 Å². The minimum absolute atomic E-state index is 0.129. The molecule has 2 aromatic rings. The highest BCUT2D eigenvalue weighted by Crippen LogP contribution is 2.28. The van der Waals surface area contributed by atoms with Gasteiger partial charge in [0.2, 0.25) is 5.78 Å². The van der Waals surface area contributed by atoms with Gasteiger partial charge in [0.25, 0.3) is 0 Å². The molecule has 1 aromatic carbocycles. The maximum Gasteiger partial charge on any atom is 0.212 e. The van der Waals surface area contributed by atoms with Gasteiger partial charge in [-0.05, 0) is 37.3 Å². The summed E-state index contributed by atoms with van der Waals surface area (Å²) in [5, 5.41) is 0.129. The molecule has 19 heavy (non-hydrogen) atoms. The van der Waals surface area contributed by atoms with Crippen molar-refractivity contribution in [2.75, 3.05) is 0 Å². The van der Waals surface area contributed by atoms with Crippen molar-refractivity contribution < 1.29 is 13.9 Å². The van der Waals surface area contributed by atoms with E-state index in [0.717, 1.165) is 6.07 Å². The van der Waals surface area contributed by atoms with Crippen molar-refractivity contribution in [1.82, 2.24) is 0 Å². The molecule has 0 aliphatic carbocycles. The summed E-state index contributed by atoms with van der Waals surface area (Å²) in [5.74, 6) is -0.384. The highest BCUT2D eigenvalue weighted by molar-refractivity contribution is 7.18. The number of hydrogen-bond donors (Lipinski definition) is 0. The van der Waals surface area contributed by atoms with E-state index < -0.39 is 11.9 Å². The van der Waals surface area contributed by atoms with Crippen LogP contribution in [0.5, 0.6) is 5.75 Å². The predicted molar refractivity (Wildman–Crippen MR) is 75.2 cm³/mol. The zero-order chi connectivity index (χ0) is 14.0. The number of ether oxygens (including phenoxy) is 1. The van der Waals surface area contributed by atoms with Gasteiger partial charge in [0.15, 0.2) is 6.10 Å². The van der Waals surface area contributed by atoms with Gasteiger partial charge >= 0.3 is 0 Å². The van der Waals surface area contributed by atoms with E-state index in [-0.39, 0.29) is 16.6 Å². The summed E-state index contributed by atoms with van der Waals surface area (Å²) < 4.78 is 18.9. The van der Waals surface area contributed by atoms with Gasteiger partial charge < -0.3 is 4.74 Å². The SMILES string of the molecule is CC(Oc1ccc(F)cc1Cl)C(=O)c1ccc(Cl)s1. The molecular weight excluding hydrogens is 310 g/mol. The second-order valence-electron chi connectivity index (χ2n) is 3.80. The molecule has 0 saturated carbocycles. The minimum Gasteiger partial charge on any atom is -0.481 e. The standard InChI is InChI=1S/C13H9Cl2FO2S/c1-7(13(17)11-4-5-12(15)19-11)18-10-3-2-8(16)6-9(10)14/h2-7H,1H3. The Morgan fingerprint density at radius 1 is 1.32 bits per heavy atom. The molecular formula is C13H9Cl2FO2S. The van der Waals surface area contributed by atoms with Crippen LogP contribution in [-0.2, 0) is 0 Å². The van der Waals surface area contributed by atoms with Crippen LogP contribution in [0.25, 0.3) is 0 Å². The Morgan fingerprint density at radius 2 is 2.05 bits per heavy atom. The van der Waals surface area contributed by atoms with Gasteiger partial charge in [0.1, 0.15) is 11.6 Å². The van der Waals surface area contributed by atoms with Crippen molar-refractivity contribution in [3.8, 4) is 5.75 Å². The average molecular weight is 319 g/mol. The average Bonchev–Trinajstić information content (AvgIpc) is 2.78. The van der Waals surface area contributed by atoms with Crippen molar-refractivity contribution in [2.24, 2.45) is 0 Å². The fourth-order valence-corrected chi connectivity index (χ4v) is 2.73. The summed E-state index contributed by atoms with van der Waals surface area (Å²) in [6.45, 7) is 1.61. The number of ketones is 1. The Balaban J connectivity index is 2.12. The molecule has 0 fully saturated rings. The third-order valence-corrected chi connectivity index (χ3v) is 3.92. The lowest BCUT2D eigenvalue weighted by Gasteiger charge is -2.13. The number of hydrogen-bond acceptors (Lipinski definition) is 3.